The molecule has 0 radical (unpaired) electrons. The molecular formula is C13H17N3O. The van der Waals surface area contributed by atoms with Gasteiger partial charge in [0.25, 0.3) is 5.91 Å². The second kappa shape index (κ2) is 3.74. The zero-order valence-corrected chi connectivity index (χ0v) is 9.97. The first-order chi connectivity index (χ1) is 8.20. The molecule has 1 fully saturated rings. The Morgan fingerprint density at radius 2 is 1.94 bits per heavy atom. The molecule has 2 aliphatic rings. The van der Waals surface area contributed by atoms with Crippen molar-refractivity contribution in [3.63, 3.8) is 0 Å². The second-order valence-corrected chi connectivity index (χ2v) is 4.91. The van der Waals surface area contributed by atoms with Crippen LogP contribution >= 0.6 is 0 Å². The number of aryl methyl sites for hydroxylation is 1. The highest BCUT2D eigenvalue weighted by Gasteiger charge is 2.38. The zero-order valence-electron chi connectivity index (χ0n) is 9.97. The van der Waals surface area contributed by atoms with Crippen LogP contribution in [-0.2, 0) is 0 Å². The number of benzene rings is 1. The summed E-state index contributed by atoms with van der Waals surface area (Å²) < 4.78 is 0. The fourth-order valence-electron chi connectivity index (χ4n) is 2.75. The van der Waals surface area contributed by atoms with Crippen molar-refractivity contribution in [2.24, 2.45) is 0 Å². The number of anilines is 1. The molecule has 0 bridgehead atoms. The van der Waals surface area contributed by atoms with Gasteiger partial charge in [-0.05, 0) is 31.6 Å². The number of carbonyl (C=O) groups excluding carboxylic acids is 1. The van der Waals surface area contributed by atoms with Gasteiger partial charge in [-0.25, -0.2) is 0 Å². The lowest BCUT2D eigenvalue weighted by molar-refractivity contribution is 0.0880. The molecule has 1 spiro atoms. The van der Waals surface area contributed by atoms with E-state index < -0.39 is 0 Å². The fourth-order valence-corrected chi connectivity index (χ4v) is 2.75. The van der Waals surface area contributed by atoms with Crippen LogP contribution in [0.3, 0.4) is 0 Å². The fraction of sp³-hybridized carbons (Fsp3) is 0.462. The molecule has 3 N–H and O–H groups in total. The lowest BCUT2D eigenvalue weighted by Crippen LogP contribution is -2.61. The average Bonchev–Trinajstić information content (AvgIpc) is 2.29. The summed E-state index contributed by atoms with van der Waals surface area (Å²) in [4.78, 5) is 12.2. The monoisotopic (exact) mass is 231 g/mol. The Morgan fingerprint density at radius 3 is 2.71 bits per heavy atom. The molecule has 90 valence electrons. The summed E-state index contributed by atoms with van der Waals surface area (Å²) in [5.41, 5.74) is 2.53. The first kappa shape index (κ1) is 10.6. The number of amides is 1. The van der Waals surface area contributed by atoms with Gasteiger partial charge in [-0.15, -0.1) is 0 Å². The van der Waals surface area contributed by atoms with Crippen molar-refractivity contribution in [3.8, 4) is 0 Å². The summed E-state index contributed by atoms with van der Waals surface area (Å²) in [7, 11) is 0. The predicted octanol–water partition coefficient (Wildman–Crippen LogP) is 1.23. The van der Waals surface area contributed by atoms with Crippen molar-refractivity contribution in [2.45, 2.75) is 25.4 Å². The maximum absolute atomic E-state index is 12.2. The second-order valence-electron chi connectivity index (χ2n) is 4.91. The number of fused-ring (bicyclic) bond motifs is 1. The molecule has 3 rings (SSSR count). The maximum atomic E-state index is 12.2. The number of nitrogens with one attached hydrogen (secondary N) is 3. The lowest BCUT2D eigenvalue weighted by atomic mass is 9.92. The van der Waals surface area contributed by atoms with Crippen molar-refractivity contribution in [1.29, 1.82) is 0 Å². The number of hydrogen-bond donors (Lipinski definition) is 3. The van der Waals surface area contributed by atoms with Crippen LogP contribution in [0.15, 0.2) is 18.2 Å². The molecular weight excluding hydrogens is 214 g/mol. The van der Waals surface area contributed by atoms with Crippen LogP contribution in [0.1, 0.15) is 28.8 Å². The molecule has 0 unspecified atom stereocenters. The Hall–Kier alpha value is -1.55. The van der Waals surface area contributed by atoms with Gasteiger partial charge in [-0.1, -0.05) is 12.1 Å². The SMILES string of the molecule is Cc1cccc2c1C(=O)NC1(CCNCC1)N2. The first-order valence-corrected chi connectivity index (χ1v) is 6.11. The summed E-state index contributed by atoms with van der Waals surface area (Å²) in [6, 6.07) is 5.96. The van der Waals surface area contributed by atoms with Gasteiger partial charge in [0, 0.05) is 18.5 Å². The van der Waals surface area contributed by atoms with Crippen LogP contribution in [0.2, 0.25) is 0 Å². The molecule has 2 heterocycles. The molecule has 4 nitrogen and oxygen atoms in total. The minimum Gasteiger partial charge on any atom is -0.362 e. The highest BCUT2D eigenvalue weighted by molar-refractivity contribution is 6.03. The predicted molar refractivity (Wildman–Crippen MR) is 67.1 cm³/mol. The van der Waals surface area contributed by atoms with Crippen LogP contribution in [-0.4, -0.2) is 24.7 Å². The van der Waals surface area contributed by atoms with E-state index in [1.807, 2.05) is 25.1 Å². The van der Waals surface area contributed by atoms with Gasteiger partial charge < -0.3 is 16.0 Å². The van der Waals surface area contributed by atoms with Gasteiger partial charge in [0.05, 0.1) is 5.56 Å². The molecule has 1 saturated heterocycles. The smallest absolute Gasteiger partial charge is 0.255 e. The largest absolute Gasteiger partial charge is 0.362 e. The van der Waals surface area contributed by atoms with E-state index in [0.29, 0.717) is 0 Å². The highest BCUT2D eigenvalue weighted by Crippen LogP contribution is 2.31. The Bertz CT molecular complexity index is 464. The number of rotatable bonds is 0. The maximum Gasteiger partial charge on any atom is 0.255 e. The van der Waals surface area contributed by atoms with Crippen molar-refractivity contribution < 1.29 is 4.79 Å². The summed E-state index contributed by atoms with van der Waals surface area (Å²) in [6.45, 7) is 3.85. The minimum atomic E-state index is -0.247. The Kier molecular flexibility index (Phi) is 2.33. The number of carbonyl (C=O) groups is 1. The van der Waals surface area contributed by atoms with Gasteiger partial charge in [0.1, 0.15) is 5.66 Å². The third-order valence-electron chi connectivity index (χ3n) is 3.68. The normalized spacial score (nSPS) is 21.6. The first-order valence-electron chi connectivity index (χ1n) is 6.11. The summed E-state index contributed by atoms with van der Waals surface area (Å²) in [6.07, 6.45) is 1.85. The van der Waals surface area contributed by atoms with E-state index in [1.54, 1.807) is 0 Å². The van der Waals surface area contributed by atoms with Crippen LogP contribution in [0.4, 0.5) is 5.69 Å². The van der Waals surface area contributed by atoms with Crippen molar-refractivity contribution in [3.05, 3.63) is 29.3 Å². The topological polar surface area (TPSA) is 53.2 Å². The van der Waals surface area contributed by atoms with E-state index >= 15 is 0 Å². The van der Waals surface area contributed by atoms with Crippen LogP contribution in [0, 0.1) is 6.92 Å². The lowest BCUT2D eigenvalue weighted by Gasteiger charge is -2.43. The van der Waals surface area contributed by atoms with E-state index in [1.165, 1.54) is 0 Å². The average molecular weight is 231 g/mol. The van der Waals surface area contributed by atoms with Crippen molar-refractivity contribution >= 4 is 11.6 Å². The molecule has 1 amide bonds. The molecule has 4 heteroatoms. The Morgan fingerprint density at radius 1 is 1.18 bits per heavy atom. The van der Waals surface area contributed by atoms with E-state index in [2.05, 4.69) is 16.0 Å². The molecule has 0 aromatic heterocycles. The summed E-state index contributed by atoms with van der Waals surface area (Å²) in [5.74, 6) is 0.0544. The molecule has 0 saturated carbocycles. The molecule has 17 heavy (non-hydrogen) atoms. The molecule has 2 aliphatic heterocycles. The van der Waals surface area contributed by atoms with Gasteiger partial charge in [0.2, 0.25) is 0 Å². The Labute approximate surface area is 101 Å². The minimum absolute atomic E-state index is 0.0544. The summed E-state index contributed by atoms with van der Waals surface area (Å²) in [5, 5.41) is 9.97. The van der Waals surface area contributed by atoms with Crippen molar-refractivity contribution in [1.82, 2.24) is 10.6 Å². The van der Waals surface area contributed by atoms with Gasteiger partial charge in [-0.3, -0.25) is 4.79 Å². The van der Waals surface area contributed by atoms with E-state index in [-0.39, 0.29) is 11.6 Å². The van der Waals surface area contributed by atoms with E-state index in [4.69, 9.17) is 0 Å². The zero-order chi connectivity index (χ0) is 11.9. The molecule has 0 aliphatic carbocycles. The highest BCUT2D eigenvalue weighted by atomic mass is 16.2. The number of piperidine rings is 1. The van der Waals surface area contributed by atoms with E-state index in [0.717, 1.165) is 42.7 Å². The molecule has 0 atom stereocenters. The van der Waals surface area contributed by atoms with Gasteiger partial charge in [0.15, 0.2) is 0 Å². The van der Waals surface area contributed by atoms with Gasteiger partial charge >= 0.3 is 0 Å². The van der Waals surface area contributed by atoms with Crippen LogP contribution in [0.5, 0.6) is 0 Å². The summed E-state index contributed by atoms with van der Waals surface area (Å²) >= 11 is 0. The van der Waals surface area contributed by atoms with Crippen LogP contribution in [0.25, 0.3) is 0 Å². The molecule has 1 aromatic carbocycles. The standard InChI is InChI=1S/C13H17N3O/c1-9-3-2-4-10-11(9)12(17)16-13(15-10)5-7-14-8-6-13/h2-4,14-15H,5-8H2,1H3,(H,16,17). The van der Waals surface area contributed by atoms with E-state index in [9.17, 15) is 4.79 Å². The third-order valence-corrected chi connectivity index (χ3v) is 3.68. The van der Waals surface area contributed by atoms with Crippen molar-refractivity contribution in [2.75, 3.05) is 18.4 Å². The third kappa shape index (κ3) is 1.69. The quantitative estimate of drug-likeness (QED) is 0.629. The van der Waals surface area contributed by atoms with Crippen LogP contribution < -0.4 is 16.0 Å². The Balaban J connectivity index is 2.00. The van der Waals surface area contributed by atoms with Gasteiger partial charge in [-0.2, -0.15) is 0 Å². The number of hydrogen-bond acceptors (Lipinski definition) is 3. The molecule has 1 aromatic rings.